The molecule has 0 bridgehead atoms. The first kappa shape index (κ1) is 10.5. The Labute approximate surface area is 83.2 Å². The number of rotatable bonds is 4. The zero-order valence-corrected chi connectivity index (χ0v) is 8.40. The Hall–Kier alpha value is -1.58. The number of carboxylic acid groups (broad SMARTS) is 1. The molecule has 0 atom stereocenters. The van der Waals surface area contributed by atoms with Crippen molar-refractivity contribution in [2.45, 2.75) is 13.3 Å². The van der Waals surface area contributed by atoms with Crippen LogP contribution >= 0.6 is 0 Å². The van der Waals surface area contributed by atoms with Gasteiger partial charge in [0, 0.05) is 19.8 Å². The van der Waals surface area contributed by atoms with Crippen LogP contribution in [0.4, 0.5) is 5.82 Å². The van der Waals surface area contributed by atoms with E-state index in [1.165, 1.54) is 0 Å². The molecular weight excluding hydrogens is 180 g/mol. The number of hydrogen-bond donors (Lipinski definition) is 1. The Morgan fingerprint density at radius 3 is 2.93 bits per heavy atom. The van der Waals surface area contributed by atoms with Crippen molar-refractivity contribution in [3.63, 3.8) is 0 Å². The van der Waals surface area contributed by atoms with Crippen LogP contribution in [0, 0.1) is 0 Å². The molecule has 1 aromatic rings. The van der Waals surface area contributed by atoms with Gasteiger partial charge in [0.15, 0.2) is 0 Å². The molecule has 0 saturated carbocycles. The predicted molar refractivity (Wildman–Crippen MR) is 54.8 cm³/mol. The molecule has 0 radical (unpaired) electrons. The zero-order chi connectivity index (χ0) is 10.6. The highest BCUT2D eigenvalue weighted by Crippen LogP contribution is 2.15. The Morgan fingerprint density at radius 1 is 1.64 bits per heavy atom. The highest BCUT2D eigenvalue weighted by molar-refractivity contribution is 5.93. The van der Waals surface area contributed by atoms with Gasteiger partial charge in [-0.05, 0) is 18.6 Å². The van der Waals surface area contributed by atoms with Gasteiger partial charge in [0.1, 0.15) is 11.4 Å². The van der Waals surface area contributed by atoms with Gasteiger partial charge < -0.3 is 10.0 Å². The van der Waals surface area contributed by atoms with Gasteiger partial charge in [-0.25, -0.2) is 9.78 Å². The lowest BCUT2D eigenvalue weighted by molar-refractivity contribution is 0.0697. The van der Waals surface area contributed by atoms with Gasteiger partial charge in [0.05, 0.1) is 0 Å². The van der Waals surface area contributed by atoms with Crippen LogP contribution in [0.2, 0.25) is 0 Å². The third kappa shape index (κ3) is 2.22. The molecule has 0 amide bonds. The number of aromatic nitrogens is 1. The van der Waals surface area contributed by atoms with Gasteiger partial charge in [-0.15, -0.1) is 0 Å². The van der Waals surface area contributed by atoms with Gasteiger partial charge in [0.2, 0.25) is 0 Å². The van der Waals surface area contributed by atoms with Crippen LogP contribution in [0.1, 0.15) is 23.7 Å². The molecule has 0 unspecified atom stereocenters. The lowest BCUT2D eigenvalue weighted by atomic mass is 10.2. The second-order valence-corrected chi connectivity index (χ2v) is 3.10. The number of carbonyl (C=O) groups is 1. The van der Waals surface area contributed by atoms with Crippen molar-refractivity contribution in [3.8, 4) is 0 Å². The van der Waals surface area contributed by atoms with Crippen LogP contribution in [-0.4, -0.2) is 29.7 Å². The summed E-state index contributed by atoms with van der Waals surface area (Å²) < 4.78 is 0. The number of aromatic carboxylic acids is 1. The first-order valence-corrected chi connectivity index (χ1v) is 4.56. The molecule has 0 spiro atoms. The maximum atomic E-state index is 10.9. The number of pyridine rings is 1. The Bertz CT molecular complexity index is 326. The van der Waals surface area contributed by atoms with Crippen molar-refractivity contribution in [3.05, 3.63) is 23.9 Å². The molecule has 0 aliphatic carbocycles. The van der Waals surface area contributed by atoms with Crippen LogP contribution < -0.4 is 4.90 Å². The van der Waals surface area contributed by atoms with Crippen molar-refractivity contribution in [1.82, 2.24) is 4.98 Å². The smallest absolute Gasteiger partial charge is 0.339 e. The fraction of sp³-hybridized carbons (Fsp3) is 0.400. The maximum Gasteiger partial charge on any atom is 0.339 e. The Morgan fingerprint density at radius 2 is 2.36 bits per heavy atom. The molecule has 1 N–H and O–H groups in total. The summed E-state index contributed by atoms with van der Waals surface area (Å²) in [6.45, 7) is 2.84. The first-order valence-electron chi connectivity index (χ1n) is 4.56. The third-order valence-corrected chi connectivity index (χ3v) is 1.94. The van der Waals surface area contributed by atoms with Gasteiger partial charge in [0.25, 0.3) is 0 Å². The van der Waals surface area contributed by atoms with Gasteiger partial charge in [-0.1, -0.05) is 6.92 Å². The van der Waals surface area contributed by atoms with Crippen molar-refractivity contribution in [2.75, 3.05) is 18.5 Å². The summed E-state index contributed by atoms with van der Waals surface area (Å²) in [6.07, 6.45) is 2.57. The first-order chi connectivity index (χ1) is 6.66. The molecule has 0 aliphatic heterocycles. The Kier molecular flexibility index (Phi) is 3.45. The van der Waals surface area contributed by atoms with Crippen LogP contribution in [0.15, 0.2) is 18.3 Å². The molecule has 1 rings (SSSR count). The van der Waals surface area contributed by atoms with Gasteiger partial charge in [-0.2, -0.15) is 0 Å². The van der Waals surface area contributed by atoms with Crippen molar-refractivity contribution in [2.24, 2.45) is 0 Å². The third-order valence-electron chi connectivity index (χ3n) is 1.94. The highest BCUT2D eigenvalue weighted by Gasteiger charge is 2.13. The lowest BCUT2D eigenvalue weighted by Gasteiger charge is -2.18. The second-order valence-electron chi connectivity index (χ2n) is 3.10. The maximum absolute atomic E-state index is 10.9. The van der Waals surface area contributed by atoms with E-state index in [4.69, 9.17) is 5.11 Å². The standard InChI is InChI=1S/C10H14N2O2/c1-3-7-12(2)9-8(10(13)14)5-4-6-11-9/h4-6H,3,7H2,1-2H3,(H,13,14). The van der Waals surface area contributed by atoms with Crippen LogP contribution in [0.5, 0.6) is 0 Å². The molecule has 0 fully saturated rings. The van der Waals surface area contributed by atoms with E-state index in [2.05, 4.69) is 4.98 Å². The van der Waals surface area contributed by atoms with E-state index >= 15 is 0 Å². The largest absolute Gasteiger partial charge is 0.478 e. The number of nitrogens with zero attached hydrogens (tertiary/aromatic N) is 2. The minimum Gasteiger partial charge on any atom is -0.478 e. The van der Waals surface area contributed by atoms with E-state index in [-0.39, 0.29) is 5.56 Å². The lowest BCUT2D eigenvalue weighted by Crippen LogP contribution is -2.21. The minimum absolute atomic E-state index is 0.253. The minimum atomic E-state index is -0.934. The fourth-order valence-corrected chi connectivity index (χ4v) is 1.31. The zero-order valence-electron chi connectivity index (χ0n) is 8.40. The number of hydrogen-bond acceptors (Lipinski definition) is 3. The quantitative estimate of drug-likeness (QED) is 0.791. The summed E-state index contributed by atoms with van der Waals surface area (Å²) >= 11 is 0. The number of carboxylic acids is 1. The van der Waals surface area contributed by atoms with E-state index in [0.29, 0.717) is 5.82 Å². The van der Waals surface area contributed by atoms with Crippen molar-refractivity contribution < 1.29 is 9.90 Å². The van der Waals surface area contributed by atoms with Crippen molar-refractivity contribution >= 4 is 11.8 Å². The van der Waals surface area contributed by atoms with E-state index in [1.807, 2.05) is 18.9 Å². The fourth-order valence-electron chi connectivity index (χ4n) is 1.31. The molecule has 0 aromatic carbocycles. The Balaban J connectivity index is 3.00. The normalized spacial score (nSPS) is 9.86. The SMILES string of the molecule is CCCN(C)c1ncccc1C(=O)O. The van der Waals surface area contributed by atoms with Crippen molar-refractivity contribution in [1.29, 1.82) is 0 Å². The van der Waals surface area contributed by atoms with E-state index in [0.717, 1.165) is 13.0 Å². The van der Waals surface area contributed by atoms with Gasteiger partial charge >= 0.3 is 5.97 Å². The topological polar surface area (TPSA) is 53.4 Å². The predicted octanol–water partition coefficient (Wildman–Crippen LogP) is 1.63. The molecule has 76 valence electrons. The van der Waals surface area contributed by atoms with E-state index in [1.54, 1.807) is 18.3 Å². The van der Waals surface area contributed by atoms with Crippen LogP contribution in [-0.2, 0) is 0 Å². The molecule has 14 heavy (non-hydrogen) atoms. The summed E-state index contributed by atoms with van der Waals surface area (Å²) in [5, 5.41) is 8.92. The monoisotopic (exact) mass is 194 g/mol. The molecule has 0 saturated heterocycles. The summed E-state index contributed by atoms with van der Waals surface area (Å²) in [5.41, 5.74) is 0.253. The summed E-state index contributed by atoms with van der Waals surface area (Å²) in [5.74, 6) is -0.405. The summed E-state index contributed by atoms with van der Waals surface area (Å²) in [4.78, 5) is 16.8. The summed E-state index contributed by atoms with van der Waals surface area (Å²) in [6, 6.07) is 3.20. The average Bonchev–Trinajstić information content (AvgIpc) is 2.18. The molecule has 1 aromatic heterocycles. The van der Waals surface area contributed by atoms with E-state index < -0.39 is 5.97 Å². The highest BCUT2D eigenvalue weighted by atomic mass is 16.4. The number of anilines is 1. The van der Waals surface area contributed by atoms with Crippen LogP contribution in [0.25, 0.3) is 0 Å². The molecular formula is C10H14N2O2. The molecule has 4 nitrogen and oxygen atoms in total. The van der Waals surface area contributed by atoms with E-state index in [9.17, 15) is 4.79 Å². The molecule has 0 aliphatic rings. The molecule has 1 heterocycles. The average molecular weight is 194 g/mol. The van der Waals surface area contributed by atoms with Gasteiger partial charge in [-0.3, -0.25) is 0 Å². The molecule has 4 heteroatoms. The second kappa shape index (κ2) is 4.60. The summed E-state index contributed by atoms with van der Waals surface area (Å²) in [7, 11) is 1.85. The van der Waals surface area contributed by atoms with Crippen LogP contribution in [0.3, 0.4) is 0 Å².